The van der Waals surface area contributed by atoms with E-state index in [1.54, 1.807) is 0 Å². The summed E-state index contributed by atoms with van der Waals surface area (Å²) in [5.74, 6) is -0.304. The molecule has 4 nitrogen and oxygen atoms in total. The second-order valence-corrected chi connectivity index (χ2v) is 4.67. The van der Waals surface area contributed by atoms with Crippen LogP contribution in [-0.4, -0.2) is 24.9 Å². The number of ether oxygens (including phenoxy) is 1. The Morgan fingerprint density at radius 2 is 1.95 bits per heavy atom. The zero-order valence-corrected chi connectivity index (χ0v) is 11.4. The number of esters is 1. The van der Waals surface area contributed by atoms with Crippen LogP contribution in [0, 0.1) is 0 Å². The van der Waals surface area contributed by atoms with Gasteiger partial charge in [-0.25, -0.2) is 4.89 Å². The van der Waals surface area contributed by atoms with Gasteiger partial charge in [-0.15, -0.1) is 0 Å². The van der Waals surface area contributed by atoms with E-state index in [2.05, 4.69) is 4.89 Å². The standard InChI is InChI=1S/C16H18O4/c1-19-16(17)11-13(9-10-20-18)15-8-4-6-12-5-2-3-7-14(12)15/h2-8,13,18H,9-11H2,1H3. The number of fused-ring (bicyclic) bond motifs is 1. The molecule has 0 radical (unpaired) electrons. The Kier molecular flexibility index (Phi) is 5.09. The van der Waals surface area contributed by atoms with Crippen LogP contribution in [0.5, 0.6) is 0 Å². The Hall–Kier alpha value is -1.91. The molecule has 0 fully saturated rings. The molecule has 2 aromatic carbocycles. The van der Waals surface area contributed by atoms with Crippen LogP contribution in [-0.2, 0) is 14.4 Å². The van der Waals surface area contributed by atoms with Crippen molar-refractivity contribution in [1.82, 2.24) is 0 Å². The lowest BCUT2D eigenvalue weighted by Gasteiger charge is -2.17. The molecule has 20 heavy (non-hydrogen) atoms. The van der Waals surface area contributed by atoms with E-state index in [4.69, 9.17) is 9.99 Å². The number of methoxy groups -OCH3 is 1. The predicted octanol–water partition coefficient (Wildman–Crippen LogP) is 3.37. The van der Waals surface area contributed by atoms with Crippen LogP contribution >= 0.6 is 0 Å². The zero-order chi connectivity index (χ0) is 14.4. The Morgan fingerprint density at radius 3 is 2.70 bits per heavy atom. The molecule has 0 saturated carbocycles. The van der Waals surface area contributed by atoms with Crippen LogP contribution in [0.2, 0.25) is 0 Å². The van der Waals surface area contributed by atoms with Gasteiger partial charge in [0.15, 0.2) is 0 Å². The third-order valence-electron chi connectivity index (χ3n) is 3.46. The first-order chi connectivity index (χ1) is 9.76. The van der Waals surface area contributed by atoms with Gasteiger partial charge in [-0.2, -0.15) is 0 Å². The van der Waals surface area contributed by atoms with E-state index < -0.39 is 0 Å². The van der Waals surface area contributed by atoms with E-state index in [0.717, 1.165) is 16.3 Å². The molecule has 1 atom stereocenters. The summed E-state index contributed by atoms with van der Waals surface area (Å²) in [5.41, 5.74) is 1.07. The molecule has 0 heterocycles. The van der Waals surface area contributed by atoms with Crippen LogP contribution in [0.4, 0.5) is 0 Å². The highest BCUT2D eigenvalue weighted by Gasteiger charge is 2.18. The summed E-state index contributed by atoms with van der Waals surface area (Å²) in [6.45, 7) is 0.185. The number of hydrogen-bond donors (Lipinski definition) is 1. The van der Waals surface area contributed by atoms with E-state index >= 15 is 0 Å². The van der Waals surface area contributed by atoms with Gasteiger partial charge in [0.1, 0.15) is 0 Å². The number of carbonyl (C=O) groups is 1. The quantitative estimate of drug-likeness (QED) is 0.498. The smallest absolute Gasteiger partial charge is 0.306 e. The highest BCUT2D eigenvalue weighted by Crippen LogP contribution is 2.30. The van der Waals surface area contributed by atoms with Crippen molar-refractivity contribution in [3.05, 3.63) is 48.0 Å². The molecule has 2 rings (SSSR count). The Bertz CT molecular complexity index is 574. The Morgan fingerprint density at radius 1 is 1.20 bits per heavy atom. The lowest BCUT2D eigenvalue weighted by molar-refractivity contribution is -0.243. The van der Waals surface area contributed by atoms with Crippen LogP contribution in [0.25, 0.3) is 10.8 Å². The molecule has 1 unspecified atom stereocenters. The molecule has 2 aromatic rings. The molecule has 0 amide bonds. The fourth-order valence-electron chi connectivity index (χ4n) is 2.45. The largest absolute Gasteiger partial charge is 0.469 e. The van der Waals surface area contributed by atoms with Gasteiger partial charge in [0.2, 0.25) is 0 Å². The van der Waals surface area contributed by atoms with E-state index in [1.807, 2.05) is 42.5 Å². The number of carbonyl (C=O) groups excluding carboxylic acids is 1. The van der Waals surface area contributed by atoms with Gasteiger partial charge in [-0.1, -0.05) is 42.5 Å². The topological polar surface area (TPSA) is 55.8 Å². The molecular formula is C16H18O4. The lowest BCUT2D eigenvalue weighted by Crippen LogP contribution is -2.11. The van der Waals surface area contributed by atoms with Crippen molar-refractivity contribution in [3.63, 3.8) is 0 Å². The molecule has 0 aliphatic rings. The first-order valence-electron chi connectivity index (χ1n) is 6.57. The number of benzene rings is 2. The molecule has 0 spiro atoms. The maximum Gasteiger partial charge on any atom is 0.306 e. The average molecular weight is 274 g/mol. The van der Waals surface area contributed by atoms with E-state index in [9.17, 15) is 4.79 Å². The summed E-state index contributed by atoms with van der Waals surface area (Å²) < 4.78 is 4.75. The maximum absolute atomic E-state index is 11.6. The normalized spacial score (nSPS) is 12.3. The van der Waals surface area contributed by atoms with Crippen LogP contribution < -0.4 is 0 Å². The molecule has 1 N–H and O–H groups in total. The van der Waals surface area contributed by atoms with Crippen LogP contribution in [0.3, 0.4) is 0 Å². The van der Waals surface area contributed by atoms with Gasteiger partial charge < -0.3 is 4.74 Å². The van der Waals surface area contributed by atoms with Crippen molar-refractivity contribution in [2.24, 2.45) is 0 Å². The van der Waals surface area contributed by atoms with Crippen molar-refractivity contribution in [2.45, 2.75) is 18.8 Å². The highest BCUT2D eigenvalue weighted by atomic mass is 17.1. The Labute approximate surface area is 117 Å². The predicted molar refractivity (Wildman–Crippen MR) is 76.5 cm³/mol. The molecule has 0 aliphatic carbocycles. The summed E-state index contributed by atoms with van der Waals surface area (Å²) in [5, 5.41) is 10.8. The summed E-state index contributed by atoms with van der Waals surface area (Å²) in [6.07, 6.45) is 0.827. The fraction of sp³-hybridized carbons (Fsp3) is 0.312. The van der Waals surface area contributed by atoms with Crippen molar-refractivity contribution in [1.29, 1.82) is 0 Å². The molecule has 0 aliphatic heterocycles. The SMILES string of the molecule is COC(=O)CC(CCOO)c1cccc2ccccc12. The third kappa shape index (κ3) is 3.35. The van der Waals surface area contributed by atoms with Crippen LogP contribution in [0.15, 0.2) is 42.5 Å². The lowest BCUT2D eigenvalue weighted by atomic mass is 9.89. The third-order valence-corrected chi connectivity index (χ3v) is 3.46. The van der Waals surface area contributed by atoms with Gasteiger partial charge in [0, 0.05) is 0 Å². The van der Waals surface area contributed by atoms with Crippen molar-refractivity contribution < 1.29 is 19.7 Å². The molecule has 0 aromatic heterocycles. The molecule has 4 heteroatoms. The summed E-state index contributed by atoms with van der Waals surface area (Å²) in [7, 11) is 1.38. The van der Waals surface area contributed by atoms with Gasteiger partial charge in [-0.3, -0.25) is 10.1 Å². The molecular weight excluding hydrogens is 256 g/mol. The minimum absolute atomic E-state index is 0.0410. The van der Waals surface area contributed by atoms with Crippen LogP contribution in [0.1, 0.15) is 24.3 Å². The van der Waals surface area contributed by atoms with Gasteiger partial charge in [-0.05, 0) is 28.7 Å². The first kappa shape index (κ1) is 14.5. The minimum atomic E-state index is -0.263. The molecule has 106 valence electrons. The van der Waals surface area contributed by atoms with Crippen molar-refractivity contribution in [3.8, 4) is 0 Å². The molecule has 0 saturated heterocycles. The van der Waals surface area contributed by atoms with Gasteiger partial charge in [0.05, 0.1) is 20.1 Å². The summed E-state index contributed by atoms with van der Waals surface area (Å²) in [6, 6.07) is 14.1. The Balaban J connectivity index is 2.36. The summed E-state index contributed by atoms with van der Waals surface area (Å²) >= 11 is 0. The summed E-state index contributed by atoms with van der Waals surface area (Å²) in [4.78, 5) is 15.7. The zero-order valence-electron chi connectivity index (χ0n) is 11.4. The monoisotopic (exact) mass is 274 g/mol. The van der Waals surface area contributed by atoms with Crippen molar-refractivity contribution in [2.75, 3.05) is 13.7 Å². The highest BCUT2D eigenvalue weighted by molar-refractivity contribution is 5.86. The number of hydrogen-bond acceptors (Lipinski definition) is 4. The van der Waals surface area contributed by atoms with Gasteiger partial charge in [0.25, 0.3) is 0 Å². The fourth-order valence-corrected chi connectivity index (χ4v) is 2.45. The molecule has 0 bridgehead atoms. The second-order valence-electron chi connectivity index (χ2n) is 4.67. The second kappa shape index (κ2) is 7.03. The maximum atomic E-state index is 11.6. The van der Waals surface area contributed by atoms with E-state index in [0.29, 0.717) is 6.42 Å². The minimum Gasteiger partial charge on any atom is -0.469 e. The van der Waals surface area contributed by atoms with E-state index in [-0.39, 0.29) is 24.9 Å². The van der Waals surface area contributed by atoms with Crippen molar-refractivity contribution >= 4 is 16.7 Å². The average Bonchev–Trinajstić information content (AvgIpc) is 2.50. The van der Waals surface area contributed by atoms with Gasteiger partial charge >= 0.3 is 5.97 Å². The van der Waals surface area contributed by atoms with E-state index in [1.165, 1.54) is 7.11 Å². The first-order valence-corrected chi connectivity index (χ1v) is 6.57. The number of rotatable bonds is 6.